The van der Waals surface area contributed by atoms with Gasteiger partial charge in [-0.25, -0.2) is 0 Å². The number of thiocarbonyl (C=S) groups is 1. The maximum atomic E-state index is 9.02. The van der Waals surface area contributed by atoms with Gasteiger partial charge in [0.15, 0.2) is 5.11 Å². The van der Waals surface area contributed by atoms with Gasteiger partial charge in [0, 0.05) is 19.7 Å². The minimum absolute atomic E-state index is 0.198. The van der Waals surface area contributed by atoms with Crippen molar-refractivity contribution >= 4 is 28.1 Å². The number of aliphatic hydroxyl groups is 1. The van der Waals surface area contributed by atoms with Gasteiger partial charge in [0.1, 0.15) is 0 Å². The summed E-state index contributed by atoms with van der Waals surface area (Å²) in [5, 5.41) is 15.6. The number of nitrogens with zero attached hydrogens (tertiary/aromatic N) is 1. The monoisotopic (exact) mass is 286 g/mol. The topological polar surface area (TPSA) is 35.5 Å². The van der Waals surface area contributed by atoms with E-state index in [0.717, 1.165) is 24.6 Å². The molecule has 1 atom stereocenters. The first-order chi connectivity index (χ1) is 9.79. The van der Waals surface area contributed by atoms with Crippen LogP contribution in [0.15, 0.2) is 42.5 Å². The molecule has 2 aromatic rings. The highest BCUT2D eigenvalue weighted by molar-refractivity contribution is 7.80. The van der Waals surface area contributed by atoms with Gasteiger partial charge in [0.2, 0.25) is 0 Å². The predicted octanol–water partition coefficient (Wildman–Crippen LogP) is 2.45. The van der Waals surface area contributed by atoms with Crippen molar-refractivity contribution in [3.63, 3.8) is 0 Å². The summed E-state index contributed by atoms with van der Waals surface area (Å²) in [6.07, 6.45) is 0.742. The molecule has 1 unspecified atom stereocenters. The van der Waals surface area contributed by atoms with E-state index < -0.39 is 0 Å². The van der Waals surface area contributed by atoms with Gasteiger partial charge in [-0.05, 0) is 41.0 Å². The third-order valence-corrected chi connectivity index (χ3v) is 4.18. The summed E-state index contributed by atoms with van der Waals surface area (Å²) < 4.78 is 0. The fraction of sp³-hybridized carbons (Fsp3) is 0.312. The lowest BCUT2D eigenvalue weighted by atomic mass is 10.0. The lowest BCUT2D eigenvalue weighted by Crippen LogP contribution is -2.31. The molecule has 1 aliphatic rings. The average molecular weight is 286 g/mol. The molecule has 4 heteroatoms. The minimum atomic E-state index is 0.198. The second-order valence-corrected chi connectivity index (χ2v) is 5.47. The third-order valence-electron chi connectivity index (χ3n) is 3.80. The molecule has 0 amide bonds. The Hall–Kier alpha value is -1.65. The Morgan fingerprint density at radius 1 is 1.20 bits per heavy atom. The van der Waals surface area contributed by atoms with Gasteiger partial charge in [0.25, 0.3) is 0 Å². The molecule has 0 bridgehead atoms. The van der Waals surface area contributed by atoms with Crippen LogP contribution in [0, 0.1) is 0 Å². The van der Waals surface area contributed by atoms with Crippen LogP contribution in [0.1, 0.15) is 18.0 Å². The van der Waals surface area contributed by atoms with E-state index in [1.54, 1.807) is 0 Å². The molecule has 3 nitrogen and oxygen atoms in total. The van der Waals surface area contributed by atoms with Crippen LogP contribution in [0.25, 0.3) is 10.8 Å². The fourth-order valence-electron chi connectivity index (χ4n) is 2.75. The van der Waals surface area contributed by atoms with Crippen LogP contribution in [0.5, 0.6) is 0 Å². The highest BCUT2D eigenvalue weighted by atomic mass is 32.1. The van der Waals surface area contributed by atoms with Crippen LogP contribution in [0.2, 0.25) is 0 Å². The second kappa shape index (κ2) is 5.77. The Labute approximate surface area is 124 Å². The maximum Gasteiger partial charge on any atom is 0.169 e. The molecule has 0 radical (unpaired) electrons. The Balaban J connectivity index is 1.90. The molecule has 1 saturated heterocycles. The molecule has 1 fully saturated rings. The van der Waals surface area contributed by atoms with Crippen LogP contribution in [0.4, 0.5) is 0 Å². The second-order valence-electron chi connectivity index (χ2n) is 5.08. The highest BCUT2D eigenvalue weighted by Crippen LogP contribution is 2.27. The zero-order valence-corrected chi connectivity index (χ0v) is 12.1. The van der Waals surface area contributed by atoms with E-state index in [0.29, 0.717) is 0 Å². The molecule has 2 N–H and O–H groups in total. The molecule has 3 rings (SSSR count). The molecule has 2 aromatic carbocycles. The van der Waals surface area contributed by atoms with E-state index in [-0.39, 0.29) is 12.6 Å². The number of aliphatic hydroxyl groups excluding tert-OH is 1. The molecule has 1 heterocycles. The molecule has 0 spiro atoms. The Bertz CT molecular complexity index is 629. The number of hydrogen-bond acceptors (Lipinski definition) is 2. The Morgan fingerprint density at radius 2 is 2.00 bits per heavy atom. The standard InChI is InChI=1S/C16H18N2OS/c19-9-3-8-18-15(11-17-16(18)20)14-7-6-12-4-1-2-5-13(12)10-14/h1-2,4-7,10,15,19H,3,8-9,11H2,(H,17,20). The van der Waals surface area contributed by atoms with Crippen LogP contribution in [-0.4, -0.2) is 34.8 Å². The summed E-state index contributed by atoms with van der Waals surface area (Å²) in [7, 11) is 0. The Morgan fingerprint density at radius 3 is 2.80 bits per heavy atom. The van der Waals surface area contributed by atoms with Crippen LogP contribution in [-0.2, 0) is 0 Å². The number of hydrogen-bond donors (Lipinski definition) is 2. The number of rotatable bonds is 4. The number of nitrogens with one attached hydrogen (secondary N) is 1. The summed E-state index contributed by atoms with van der Waals surface area (Å²) in [6.45, 7) is 1.83. The van der Waals surface area contributed by atoms with Gasteiger partial charge < -0.3 is 15.3 Å². The van der Waals surface area contributed by atoms with Gasteiger partial charge in [0.05, 0.1) is 6.04 Å². The van der Waals surface area contributed by atoms with Crippen molar-refractivity contribution in [2.24, 2.45) is 0 Å². The molecular weight excluding hydrogens is 268 g/mol. The summed E-state index contributed by atoms with van der Waals surface area (Å²) in [4.78, 5) is 2.18. The normalized spacial score (nSPS) is 18.6. The van der Waals surface area contributed by atoms with Gasteiger partial charge in [-0.15, -0.1) is 0 Å². The van der Waals surface area contributed by atoms with Crippen molar-refractivity contribution in [2.45, 2.75) is 12.5 Å². The third kappa shape index (κ3) is 2.49. The number of fused-ring (bicyclic) bond motifs is 1. The predicted molar refractivity (Wildman–Crippen MR) is 85.7 cm³/mol. The van der Waals surface area contributed by atoms with E-state index in [2.05, 4.69) is 52.7 Å². The first kappa shape index (κ1) is 13.3. The van der Waals surface area contributed by atoms with Crippen molar-refractivity contribution in [3.8, 4) is 0 Å². The molecule has 1 aliphatic heterocycles. The molecule has 0 saturated carbocycles. The first-order valence-corrected chi connectivity index (χ1v) is 7.34. The van der Waals surface area contributed by atoms with E-state index in [1.165, 1.54) is 16.3 Å². The van der Waals surface area contributed by atoms with Crippen molar-refractivity contribution in [1.82, 2.24) is 10.2 Å². The first-order valence-electron chi connectivity index (χ1n) is 6.93. The SMILES string of the molecule is OCCCN1C(=S)NCC1c1ccc2ccccc2c1. The van der Waals surface area contributed by atoms with E-state index in [4.69, 9.17) is 17.3 Å². The molecule has 20 heavy (non-hydrogen) atoms. The zero-order chi connectivity index (χ0) is 13.9. The summed E-state index contributed by atoms with van der Waals surface area (Å²) in [6, 6.07) is 15.2. The van der Waals surface area contributed by atoms with Crippen LogP contribution >= 0.6 is 12.2 Å². The lowest BCUT2D eigenvalue weighted by Gasteiger charge is -2.25. The largest absolute Gasteiger partial charge is 0.396 e. The van der Waals surface area contributed by atoms with Crippen LogP contribution in [0.3, 0.4) is 0 Å². The minimum Gasteiger partial charge on any atom is -0.396 e. The summed E-state index contributed by atoms with van der Waals surface area (Å²) in [5.74, 6) is 0. The van der Waals surface area contributed by atoms with Gasteiger partial charge in [-0.1, -0.05) is 36.4 Å². The summed E-state index contributed by atoms with van der Waals surface area (Å²) in [5.41, 5.74) is 1.27. The van der Waals surface area contributed by atoms with Crippen molar-refractivity contribution in [2.75, 3.05) is 19.7 Å². The summed E-state index contributed by atoms with van der Waals surface area (Å²) >= 11 is 5.36. The highest BCUT2D eigenvalue weighted by Gasteiger charge is 2.28. The molecule has 0 aromatic heterocycles. The smallest absolute Gasteiger partial charge is 0.169 e. The molecule has 104 valence electrons. The van der Waals surface area contributed by atoms with Gasteiger partial charge in [-0.3, -0.25) is 0 Å². The lowest BCUT2D eigenvalue weighted by molar-refractivity contribution is 0.257. The van der Waals surface area contributed by atoms with E-state index >= 15 is 0 Å². The zero-order valence-electron chi connectivity index (χ0n) is 11.2. The van der Waals surface area contributed by atoms with Gasteiger partial charge in [-0.2, -0.15) is 0 Å². The van der Waals surface area contributed by atoms with Crippen LogP contribution < -0.4 is 5.32 Å². The van der Waals surface area contributed by atoms with Crippen molar-refractivity contribution in [1.29, 1.82) is 0 Å². The van der Waals surface area contributed by atoms with E-state index in [1.807, 2.05) is 0 Å². The van der Waals surface area contributed by atoms with Crippen molar-refractivity contribution < 1.29 is 5.11 Å². The van der Waals surface area contributed by atoms with E-state index in [9.17, 15) is 0 Å². The quantitative estimate of drug-likeness (QED) is 0.846. The fourth-order valence-corrected chi connectivity index (χ4v) is 3.05. The van der Waals surface area contributed by atoms with Gasteiger partial charge >= 0.3 is 0 Å². The Kier molecular flexibility index (Phi) is 3.85. The number of benzene rings is 2. The van der Waals surface area contributed by atoms with Crippen molar-refractivity contribution in [3.05, 3.63) is 48.0 Å². The average Bonchev–Trinajstić information content (AvgIpc) is 2.85. The maximum absolute atomic E-state index is 9.02. The molecule has 0 aliphatic carbocycles. The molecular formula is C16H18N2OS.